The van der Waals surface area contributed by atoms with Crippen LogP contribution in [0.2, 0.25) is 10.0 Å². The van der Waals surface area contributed by atoms with Crippen LogP contribution in [0.3, 0.4) is 0 Å². The second-order valence-corrected chi connectivity index (χ2v) is 6.42. The molecule has 0 heterocycles. The lowest BCUT2D eigenvalue weighted by Crippen LogP contribution is -2.30. The molecule has 0 amide bonds. The van der Waals surface area contributed by atoms with E-state index >= 15 is 0 Å². The van der Waals surface area contributed by atoms with Gasteiger partial charge in [-0.3, -0.25) is 0 Å². The molecule has 0 radical (unpaired) electrons. The third kappa shape index (κ3) is 3.75. The van der Waals surface area contributed by atoms with Gasteiger partial charge in [-0.2, -0.15) is 0 Å². The number of hydrogen-bond donors (Lipinski definition) is 1. The third-order valence-corrected chi connectivity index (χ3v) is 4.39. The molecule has 0 spiro atoms. The molecule has 0 bridgehead atoms. The minimum absolute atomic E-state index is 0.0497. The van der Waals surface area contributed by atoms with Crippen LogP contribution in [0.4, 0.5) is 0 Å². The van der Waals surface area contributed by atoms with Gasteiger partial charge in [-0.05, 0) is 26.8 Å². The van der Waals surface area contributed by atoms with Gasteiger partial charge in [0.05, 0.1) is 16.7 Å². The molecule has 0 atom stereocenters. The summed E-state index contributed by atoms with van der Waals surface area (Å²) in [6.07, 6.45) is 0. The summed E-state index contributed by atoms with van der Waals surface area (Å²) >= 11 is 11.9. The van der Waals surface area contributed by atoms with Gasteiger partial charge >= 0.3 is 0 Å². The number of hydrogen-bond acceptors (Lipinski definition) is 3. The predicted molar refractivity (Wildman–Crippen MR) is 73.1 cm³/mol. The molecule has 0 fully saturated rings. The lowest BCUT2D eigenvalue weighted by atomic mass is 10.3. The highest BCUT2D eigenvalue weighted by Gasteiger charge is 2.21. The molecule has 4 nitrogen and oxygen atoms in total. The number of ether oxygens (including phenoxy) is 1. The highest BCUT2D eigenvalue weighted by molar-refractivity contribution is 7.89. The van der Waals surface area contributed by atoms with Crippen LogP contribution >= 0.6 is 23.2 Å². The van der Waals surface area contributed by atoms with Crippen LogP contribution in [-0.2, 0) is 10.0 Å². The fourth-order valence-corrected chi connectivity index (χ4v) is 3.43. The van der Waals surface area contributed by atoms with E-state index in [0.717, 1.165) is 0 Å². The molecule has 0 aliphatic heterocycles. The van der Waals surface area contributed by atoms with Crippen molar-refractivity contribution in [2.24, 2.45) is 0 Å². The number of sulfonamides is 1. The highest BCUT2D eigenvalue weighted by atomic mass is 35.5. The van der Waals surface area contributed by atoms with Crippen molar-refractivity contribution in [2.45, 2.75) is 31.7 Å². The van der Waals surface area contributed by atoms with Crippen molar-refractivity contribution in [3.63, 3.8) is 0 Å². The van der Waals surface area contributed by atoms with Gasteiger partial charge < -0.3 is 4.74 Å². The van der Waals surface area contributed by atoms with Crippen molar-refractivity contribution in [3.8, 4) is 5.75 Å². The summed E-state index contributed by atoms with van der Waals surface area (Å²) in [5.74, 6) is 0.368. The molecular weight excluding hydrogens is 297 g/mol. The minimum Gasteiger partial charge on any atom is -0.492 e. The Morgan fingerprint density at radius 3 is 2.39 bits per heavy atom. The summed E-state index contributed by atoms with van der Waals surface area (Å²) in [5.41, 5.74) is 0. The highest BCUT2D eigenvalue weighted by Crippen LogP contribution is 2.33. The molecule has 7 heteroatoms. The average molecular weight is 312 g/mol. The Morgan fingerprint density at radius 2 is 1.89 bits per heavy atom. The van der Waals surface area contributed by atoms with Crippen LogP contribution < -0.4 is 9.46 Å². The molecule has 1 aromatic carbocycles. The van der Waals surface area contributed by atoms with Gasteiger partial charge in [-0.25, -0.2) is 13.1 Å². The number of benzene rings is 1. The first kappa shape index (κ1) is 15.6. The topological polar surface area (TPSA) is 55.4 Å². The summed E-state index contributed by atoms with van der Waals surface area (Å²) in [6, 6.07) is 2.47. The van der Waals surface area contributed by atoms with Crippen LogP contribution in [0.5, 0.6) is 5.75 Å². The van der Waals surface area contributed by atoms with Crippen LogP contribution in [0.1, 0.15) is 20.8 Å². The Hall–Kier alpha value is -0.490. The summed E-state index contributed by atoms with van der Waals surface area (Å²) in [5, 5.41) is 0.293. The Balaban J connectivity index is 3.23. The molecular formula is C11H15Cl2NO3S. The Labute approximate surface area is 117 Å². The molecule has 0 saturated carbocycles. The maximum Gasteiger partial charge on any atom is 0.242 e. The molecule has 0 aliphatic rings. The predicted octanol–water partition coefficient (Wildman–Crippen LogP) is 3.08. The number of rotatable bonds is 5. The van der Waals surface area contributed by atoms with E-state index in [4.69, 9.17) is 27.9 Å². The second kappa shape index (κ2) is 6.10. The summed E-state index contributed by atoms with van der Waals surface area (Å²) in [6.45, 7) is 5.67. The number of halogens is 2. The van der Waals surface area contributed by atoms with E-state index in [1.165, 1.54) is 12.1 Å². The molecule has 0 saturated heterocycles. The van der Waals surface area contributed by atoms with E-state index in [-0.39, 0.29) is 21.0 Å². The van der Waals surface area contributed by atoms with Crippen molar-refractivity contribution in [2.75, 3.05) is 6.61 Å². The van der Waals surface area contributed by atoms with Crippen LogP contribution in [0.15, 0.2) is 17.0 Å². The zero-order valence-corrected chi connectivity index (χ0v) is 12.7. The maximum absolute atomic E-state index is 12.0. The normalized spacial score (nSPS) is 11.9. The van der Waals surface area contributed by atoms with Gasteiger partial charge in [0.25, 0.3) is 0 Å². The molecule has 102 valence electrons. The average Bonchev–Trinajstić information content (AvgIpc) is 2.21. The third-order valence-electron chi connectivity index (χ3n) is 1.97. The first-order valence-electron chi connectivity index (χ1n) is 5.42. The fourth-order valence-electron chi connectivity index (χ4n) is 1.36. The Bertz CT molecular complexity index is 529. The van der Waals surface area contributed by atoms with Gasteiger partial charge in [0.1, 0.15) is 10.6 Å². The lowest BCUT2D eigenvalue weighted by Gasteiger charge is -2.13. The largest absolute Gasteiger partial charge is 0.492 e. The van der Waals surface area contributed by atoms with Crippen LogP contribution in [0, 0.1) is 0 Å². The molecule has 0 unspecified atom stereocenters. The van der Waals surface area contributed by atoms with Gasteiger partial charge in [0.2, 0.25) is 10.0 Å². The van der Waals surface area contributed by atoms with E-state index < -0.39 is 10.0 Å². The lowest BCUT2D eigenvalue weighted by molar-refractivity contribution is 0.340. The van der Waals surface area contributed by atoms with Crippen LogP contribution in [0.25, 0.3) is 0 Å². The van der Waals surface area contributed by atoms with Gasteiger partial charge in [-0.1, -0.05) is 23.2 Å². The molecule has 1 aromatic rings. The van der Waals surface area contributed by atoms with Gasteiger partial charge in [0, 0.05) is 12.1 Å². The second-order valence-electron chi connectivity index (χ2n) is 3.92. The van der Waals surface area contributed by atoms with Crippen molar-refractivity contribution in [1.29, 1.82) is 0 Å². The van der Waals surface area contributed by atoms with Gasteiger partial charge in [-0.15, -0.1) is 0 Å². The summed E-state index contributed by atoms with van der Waals surface area (Å²) in [4.78, 5) is -0.0497. The molecule has 18 heavy (non-hydrogen) atoms. The van der Waals surface area contributed by atoms with Gasteiger partial charge in [0.15, 0.2) is 0 Å². The maximum atomic E-state index is 12.0. The molecule has 0 aromatic heterocycles. The van der Waals surface area contributed by atoms with E-state index in [1.807, 2.05) is 0 Å². The van der Waals surface area contributed by atoms with Crippen molar-refractivity contribution in [1.82, 2.24) is 4.72 Å². The fraction of sp³-hybridized carbons (Fsp3) is 0.455. The quantitative estimate of drug-likeness (QED) is 0.909. The summed E-state index contributed by atoms with van der Waals surface area (Å²) < 4.78 is 31.7. The zero-order valence-electron chi connectivity index (χ0n) is 10.3. The Kier molecular flexibility index (Phi) is 5.28. The van der Waals surface area contributed by atoms with Crippen molar-refractivity contribution >= 4 is 33.2 Å². The monoisotopic (exact) mass is 311 g/mol. The number of nitrogens with one attached hydrogen (secondary N) is 1. The zero-order chi connectivity index (χ0) is 13.9. The SMILES string of the molecule is CCOc1cc(Cl)c(S(=O)(=O)NC(C)C)cc1Cl. The first-order chi connectivity index (χ1) is 8.27. The first-order valence-corrected chi connectivity index (χ1v) is 7.66. The van der Waals surface area contributed by atoms with E-state index in [0.29, 0.717) is 12.4 Å². The standard InChI is InChI=1S/C11H15Cl2NO3S/c1-4-17-10-5-9(13)11(6-8(10)12)18(15,16)14-7(2)3/h5-7,14H,4H2,1-3H3. The van der Waals surface area contributed by atoms with E-state index in [2.05, 4.69) is 4.72 Å². The minimum atomic E-state index is -3.67. The molecule has 0 aliphatic carbocycles. The van der Waals surface area contributed by atoms with Crippen molar-refractivity contribution in [3.05, 3.63) is 22.2 Å². The van der Waals surface area contributed by atoms with Crippen molar-refractivity contribution < 1.29 is 13.2 Å². The van der Waals surface area contributed by atoms with Crippen LogP contribution in [-0.4, -0.2) is 21.1 Å². The van der Waals surface area contributed by atoms with E-state index in [1.54, 1.807) is 20.8 Å². The molecule has 1 rings (SSSR count). The smallest absolute Gasteiger partial charge is 0.242 e. The summed E-state index contributed by atoms with van der Waals surface area (Å²) in [7, 11) is -3.67. The Morgan fingerprint density at radius 1 is 1.28 bits per heavy atom. The molecule has 1 N–H and O–H groups in total. The van der Waals surface area contributed by atoms with E-state index in [9.17, 15) is 8.42 Å².